The van der Waals surface area contributed by atoms with Gasteiger partial charge < -0.3 is 15.4 Å². The third kappa shape index (κ3) is 6.54. The highest BCUT2D eigenvalue weighted by molar-refractivity contribution is 5.85. The third-order valence-corrected chi connectivity index (χ3v) is 3.58. The fourth-order valence-corrected chi connectivity index (χ4v) is 2.37. The van der Waals surface area contributed by atoms with Crippen molar-refractivity contribution >= 4 is 18.3 Å². The first-order valence-electron chi connectivity index (χ1n) is 7.43. The molecule has 0 aromatic heterocycles. The van der Waals surface area contributed by atoms with Gasteiger partial charge in [-0.05, 0) is 12.1 Å². The van der Waals surface area contributed by atoms with Gasteiger partial charge in [0.05, 0.1) is 0 Å². The standard InChI is InChI=1S/C15H20F3N3O2.ClH/c16-15(17,18)13(21-8-6-19-7-9-21)10-20-14(22)11-23-12-4-2-1-3-5-12;/h1-5,13,19H,6-11H2,(H,20,22);1H. The van der Waals surface area contributed by atoms with Gasteiger partial charge in [0.15, 0.2) is 6.61 Å². The Hall–Kier alpha value is -1.51. The summed E-state index contributed by atoms with van der Waals surface area (Å²) in [6.07, 6.45) is -4.38. The van der Waals surface area contributed by atoms with E-state index in [1.54, 1.807) is 30.3 Å². The summed E-state index contributed by atoms with van der Waals surface area (Å²) in [4.78, 5) is 13.0. The fraction of sp³-hybridized carbons (Fsp3) is 0.533. The van der Waals surface area contributed by atoms with E-state index in [0.29, 0.717) is 31.9 Å². The summed E-state index contributed by atoms with van der Waals surface area (Å²) in [6, 6.07) is 6.97. The van der Waals surface area contributed by atoms with Crippen LogP contribution in [0.5, 0.6) is 5.75 Å². The van der Waals surface area contributed by atoms with Crippen LogP contribution in [0.1, 0.15) is 0 Å². The molecule has 0 spiro atoms. The van der Waals surface area contributed by atoms with E-state index >= 15 is 0 Å². The minimum atomic E-state index is -4.38. The Bertz CT molecular complexity index is 496. The van der Waals surface area contributed by atoms with Crippen molar-refractivity contribution in [1.82, 2.24) is 15.5 Å². The first kappa shape index (κ1) is 20.5. The van der Waals surface area contributed by atoms with E-state index in [0.717, 1.165) is 0 Å². The summed E-state index contributed by atoms with van der Waals surface area (Å²) in [6.45, 7) is 0.854. The van der Waals surface area contributed by atoms with Crippen molar-refractivity contribution in [3.05, 3.63) is 30.3 Å². The molecule has 2 N–H and O–H groups in total. The Balaban J connectivity index is 0.00000288. The van der Waals surface area contributed by atoms with Crippen LogP contribution in [0.15, 0.2) is 30.3 Å². The number of para-hydroxylation sites is 1. The predicted octanol–water partition coefficient (Wildman–Crippen LogP) is 1.44. The van der Waals surface area contributed by atoms with Gasteiger partial charge in [0, 0.05) is 32.7 Å². The van der Waals surface area contributed by atoms with Crippen molar-refractivity contribution in [3.8, 4) is 5.75 Å². The molecular weight excluding hydrogens is 347 g/mol. The summed E-state index contributed by atoms with van der Waals surface area (Å²) in [5, 5.41) is 5.32. The smallest absolute Gasteiger partial charge is 0.405 e. The number of halogens is 4. The van der Waals surface area contributed by atoms with Crippen LogP contribution in [0.25, 0.3) is 0 Å². The summed E-state index contributed by atoms with van der Waals surface area (Å²) in [7, 11) is 0. The van der Waals surface area contributed by atoms with E-state index in [-0.39, 0.29) is 19.0 Å². The SMILES string of the molecule is Cl.O=C(COc1ccccc1)NCC(N1CCNCC1)C(F)(F)F. The summed E-state index contributed by atoms with van der Waals surface area (Å²) in [5.41, 5.74) is 0. The lowest BCUT2D eigenvalue weighted by Gasteiger charge is -2.35. The molecule has 1 saturated heterocycles. The molecular formula is C15H21ClF3N3O2. The van der Waals surface area contributed by atoms with Gasteiger partial charge in [0.1, 0.15) is 11.8 Å². The zero-order chi connectivity index (χ0) is 16.7. The molecule has 5 nitrogen and oxygen atoms in total. The van der Waals surface area contributed by atoms with E-state index in [1.165, 1.54) is 4.90 Å². The Morgan fingerprint density at radius 1 is 1.25 bits per heavy atom. The number of piperazine rings is 1. The van der Waals surface area contributed by atoms with Crippen molar-refractivity contribution < 1.29 is 22.7 Å². The van der Waals surface area contributed by atoms with Gasteiger partial charge in [0.25, 0.3) is 5.91 Å². The zero-order valence-electron chi connectivity index (χ0n) is 13.0. The number of hydrogen-bond acceptors (Lipinski definition) is 4. The lowest BCUT2D eigenvalue weighted by atomic mass is 10.2. The summed E-state index contributed by atoms with van der Waals surface area (Å²) in [5.74, 6) is -0.0737. The number of amides is 1. The molecule has 1 aliphatic rings. The van der Waals surface area contributed by atoms with Gasteiger partial charge in [-0.3, -0.25) is 9.69 Å². The van der Waals surface area contributed by atoms with Crippen molar-refractivity contribution in [3.63, 3.8) is 0 Å². The Kier molecular flexibility index (Phi) is 8.30. The van der Waals surface area contributed by atoms with Gasteiger partial charge >= 0.3 is 6.18 Å². The monoisotopic (exact) mass is 367 g/mol. The van der Waals surface area contributed by atoms with Gasteiger partial charge in [-0.1, -0.05) is 18.2 Å². The number of carbonyl (C=O) groups excluding carboxylic acids is 1. The number of rotatable bonds is 6. The number of benzene rings is 1. The predicted molar refractivity (Wildman–Crippen MR) is 86.5 cm³/mol. The molecule has 0 bridgehead atoms. The van der Waals surface area contributed by atoms with Crippen molar-refractivity contribution in [2.75, 3.05) is 39.3 Å². The second-order valence-electron chi connectivity index (χ2n) is 5.25. The van der Waals surface area contributed by atoms with Crippen molar-refractivity contribution in [1.29, 1.82) is 0 Å². The van der Waals surface area contributed by atoms with Crippen LogP contribution in [-0.2, 0) is 4.79 Å². The second-order valence-corrected chi connectivity index (χ2v) is 5.25. The number of ether oxygens (including phenoxy) is 1. The van der Waals surface area contributed by atoms with E-state index in [9.17, 15) is 18.0 Å². The first-order valence-corrected chi connectivity index (χ1v) is 7.43. The van der Waals surface area contributed by atoms with Crippen LogP contribution in [0.4, 0.5) is 13.2 Å². The third-order valence-electron chi connectivity index (χ3n) is 3.58. The van der Waals surface area contributed by atoms with Crippen molar-refractivity contribution in [2.45, 2.75) is 12.2 Å². The molecule has 24 heavy (non-hydrogen) atoms. The molecule has 2 rings (SSSR count). The summed E-state index contributed by atoms with van der Waals surface area (Å²) >= 11 is 0. The molecule has 1 heterocycles. The van der Waals surface area contributed by atoms with E-state index in [1.807, 2.05) is 0 Å². The minimum absolute atomic E-state index is 0. The topological polar surface area (TPSA) is 53.6 Å². The molecule has 1 amide bonds. The Morgan fingerprint density at radius 2 is 1.88 bits per heavy atom. The van der Waals surface area contributed by atoms with Crippen LogP contribution in [0, 0.1) is 0 Å². The Morgan fingerprint density at radius 3 is 2.46 bits per heavy atom. The van der Waals surface area contributed by atoms with E-state index < -0.39 is 24.7 Å². The van der Waals surface area contributed by atoms with Gasteiger partial charge in [0.2, 0.25) is 0 Å². The highest BCUT2D eigenvalue weighted by Gasteiger charge is 2.43. The number of carbonyl (C=O) groups is 1. The number of nitrogens with zero attached hydrogens (tertiary/aromatic N) is 1. The van der Waals surface area contributed by atoms with Gasteiger partial charge in [-0.25, -0.2) is 0 Å². The average molecular weight is 368 g/mol. The molecule has 0 radical (unpaired) electrons. The van der Waals surface area contributed by atoms with E-state index in [2.05, 4.69) is 10.6 Å². The van der Waals surface area contributed by atoms with Crippen LogP contribution in [-0.4, -0.2) is 62.4 Å². The highest BCUT2D eigenvalue weighted by atomic mass is 35.5. The quantitative estimate of drug-likeness (QED) is 0.799. The normalized spacial score (nSPS) is 16.8. The van der Waals surface area contributed by atoms with Crippen LogP contribution in [0.3, 0.4) is 0 Å². The molecule has 136 valence electrons. The number of hydrogen-bond donors (Lipinski definition) is 2. The molecule has 0 aliphatic carbocycles. The maximum atomic E-state index is 13.2. The lowest BCUT2D eigenvalue weighted by Crippen LogP contribution is -2.57. The molecule has 1 aromatic carbocycles. The molecule has 1 unspecified atom stereocenters. The number of nitrogens with one attached hydrogen (secondary N) is 2. The largest absolute Gasteiger partial charge is 0.484 e. The fourth-order valence-electron chi connectivity index (χ4n) is 2.37. The van der Waals surface area contributed by atoms with E-state index in [4.69, 9.17) is 4.74 Å². The molecule has 9 heteroatoms. The first-order chi connectivity index (χ1) is 11.0. The van der Waals surface area contributed by atoms with Gasteiger partial charge in [-0.2, -0.15) is 13.2 Å². The van der Waals surface area contributed by atoms with Crippen LogP contribution in [0.2, 0.25) is 0 Å². The molecule has 1 aliphatic heterocycles. The molecule has 1 atom stereocenters. The average Bonchev–Trinajstić information content (AvgIpc) is 2.54. The summed E-state index contributed by atoms with van der Waals surface area (Å²) < 4.78 is 44.7. The maximum Gasteiger partial charge on any atom is 0.405 e. The van der Waals surface area contributed by atoms with Crippen LogP contribution >= 0.6 is 12.4 Å². The number of alkyl halides is 3. The highest BCUT2D eigenvalue weighted by Crippen LogP contribution is 2.24. The lowest BCUT2D eigenvalue weighted by molar-refractivity contribution is -0.184. The minimum Gasteiger partial charge on any atom is -0.484 e. The molecule has 0 saturated carbocycles. The second kappa shape index (κ2) is 9.71. The maximum absolute atomic E-state index is 13.2. The van der Waals surface area contributed by atoms with Crippen molar-refractivity contribution in [2.24, 2.45) is 0 Å². The molecule has 1 fully saturated rings. The molecule has 1 aromatic rings. The Labute approximate surface area is 144 Å². The zero-order valence-corrected chi connectivity index (χ0v) is 13.8. The van der Waals surface area contributed by atoms with Gasteiger partial charge in [-0.15, -0.1) is 12.4 Å². The van der Waals surface area contributed by atoms with Crippen LogP contribution < -0.4 is 15.4 Å².